The van der Waals surface area contributed by atoms with Gasteiger partial charge in [0.25, 0.3) is 0 Å². The molecule has 0 aromatic heterocycles. The largest absolute Gasteiger partial charge is 0.358 e. The first-order valence-electron chi connectivity index (χ1n) is 4.54. The van der Waals surface area contributed by atoms with Crippen LogP contribution in [0.4, 0.5) is 0 Å². The first kappa shape index (κ1) is 10.5. The van der Waals surface area contributed by atoms with E-state index in [4.69, 9.17) is 14.9 Å². The summed E-state index contributed by atoms with van der Waals surface area (Å²) in [5.41, 5.74) is 0. The summed E-state index contributed by atoms with van der Waals surface area (Å²) in [5, 5.41) is 7.77. The van der Waals surface area contributed by atoms with Gasteiger partial charge >= 0.3 is 0 Å². The third-order valence-corrected chi connectivity index (χ3v) is 2.32. The van der Waals surface area contributed by atoms with Crippen LogP contribution in [0.3, 0.4) is 0 Å². The van der Waals surface area contributed by atoms with Crippen LogP contribution in [0, 0.1) is 11.3 Å². The Morgan fingerprint density at radius 2 is 2.00 bits per heavy atom. The monoisotopic (exact) mass is 186 g/mol. The molecule has 1 rings (SSSR count). The molecule has 0 amide bonds. The molecule has 0 unspecified atom stereocenters. The van der Waals surface area contributed by atoms with Gasteiger partial charge in [-0.2, -0.15) is 0 Å². The number of hydrogen-bond donors (Lipinski definition) is 1. The lowest BCUT2D eigenvalue weighted by molar-refractivity contribution is -0.107. The zero-order chi connectivity index (χ0) is 9.84. The van der Waals surface area contributed by atoms with Crippen molar-refractivity contribution in [2.24, 2.45) is 5.92 Å². The predicted molar refractivity (Wildman–Crippen MR) is 50.9 cm³/mol. The van der Waals surface area contributed by atoms with E-state index < -0.39 is 0 Å². The Labute approximate surface area is 79.3 Å². The lowest BCUT2D eigenvalue weighted by Crippen LogP contribution is -2.36. The summed E-state index contributed by atoms with van der Waals surface area (Å²) in [5.74, 6) is 1.19. The second-order valence-electron chi connectivity index (χ2n) is 3.44. The first-order chi connectivity index (χ1) is 6.19. The zero-order valence-electron chi connectivity index (χ0n) is 8.54. The standard InChI is InChI=1S/C9H18N2O2/c1-11(6-8(12-2)13-3)9(10)7-4-5-7/h7-8,10H,4-6H2,1-3H3. The number of nitrogens with zero attached hydrogens (tertiary/aromatic N) is 1. The van der Waals surface area contributed by atoms with Gasteiger partial charge in [-0.05, 0) is 12.8 Å². The van der Waals surface area contributed by atoms with E-state index in [0.717, 1.165) is 12.8 Å². The number of methoxy groups -OCH3 is 2. The summed E-state index contributed by atoms with van der Waals surface area (Å²) >= 11 is 0. The molecule has 13 heavy (non-hydrogen) atoms. The highest BCUT2D eigenvalue weighted by Crippen LogP contribution is 2.30. The van der Waals surface area contributed by atoms with E-state index in [1.165, 1.54) is 0 Å². The van der Waals surface area contributed by atoms with Gasteiger partial charge in [0, 0.05) is 27.2 Å². The van der Waals surface area contributed by atoms with Gasteiger partial charge in [-0.15, -0.1) is 0 Å². The van der Waals surface area contributed by atoms with Gasteiger partial charge in [0.15, 0.2) is 6.29 Å². The molecule has 0 atom stereocenters. The van der Waals surface area contributed by atoms with E-state index in [-0.39, 0.29) is 6.29 Å². The van der Waals surface area contributed by atoms with Crippen molar-refractivity contribution in [3.8, 4) is 0 Å². The van der Waals surface area contributed by atoms with Crippen LogP contribution in [-0.4, -0.2) is 44.8 Å². The summed E-state index contributed by atoms with van der Waals surface area (Å²) in [6.07, 6.45) is 2.09. The Balaban J connectivity index is 2.29. The Morgan fingerprint density at radius 3 is 2.38 bits per heavy atom. The molecule has 0 heterocycles. The van der Waals surface area contributed by atoms with Crippen LogP contribution < -0.4 is 0 Å². The van der Waals surface area contributed by atoms with Gasteiger partial charge < -0.3 is 14.4 Å². The zero-order valence-corrected chi connectivity index (χ0v) is 8.54. The van der Waals surface area contributed by atoms with Gasteiger partial charge in [0.1, 0.15) is 0 Å². The van der Waals surface area contributed by atoms with Gasteiger partial charge in [-0.25, -0.2) is 0 Å². The van der Waals surface area contributed by atoms with E-state index in [1.54, 1.807) is 14.2 Å². The number of ether oxygens (including phenoxy) is 2. The average Bonchev–Trinajstić information content (AvgIpc) is 2.95. The second-order valence-corrected chi connectivity index (χ2v) is 3.44. The average molecular weight is 186 g/mol. The van der Waals surface area contributed by atoms with Crippen LogP contribution in [0.15, 0.2) is 0 Å². The van der Waals surface area contributed by atoms with Crippen LogP contribution in [0.25, 0.3) is 0 Å². The van der Waals surface area contributed by atoms with Crippen molar-refractivity contribution in [3.05, 3.63) is 0 Å². The fraction of sp³-hybridized carbons (Fsp3) is 0.889. The molecule has 0 aliphatic heterocycles. The summed E-state index contributed by atoms with van der Waals surface area (Å²) in [4.78, 5) is 1.90. The fourth-order valence-corrected chi connectivity index (χ4v) is 1.24. The molecule has 4 nitrogen and oxygen atoms in total. The van der Waals surface area contributed by atoms with Crippen molar-refractivity contribution in [1.29, 1.82) is 5.41 Å². The molecule has 1 aliphatic carbocycles. The minimum atomic E-state index is -0.232. The molecule has 0 radical (unpaired) electrons. The molecule has 1 fully saturated rings. The van der Waals surface area contributed by atoms with Crippen LogP contribution in [0.1, 0.15) is 12.8 Å². The number of likely N-dealkylation sites (N-methyl/N-ethyl adjacent to an activating group) is 1. The fourth-order valence-electron chi connectivity index (χ4n) is 1.24. The molecule has 0 bridgehead atoms. The summed E-state index contributed by atoms with van der Waals surface area (Å²) in [6, 6.07) is 0. The minimum absolute atomic E-state index is 0.232. The highest BCUT2D eigenvalue weighted by atomic mass is 16.7. The van der Waals surface area contributed by atoms with Gasteiger partial charge in [0.2, 0.25) is 0 Å². The van der Waals surface area contributed by atoms with Crippen molar-refractivity contribution in [3.63, 3.8) is 0 Å². The van der Waals surface area contributed by atoms with Gasteiger partial charge in [-0.1, -0.05) is 0 Å². The van der Waals surface area contributed by atoms with Crippen molar-refractivity contribution >= 4 is 5.84 Å². The van der Waals surface area contributed by atoms with Crippen LogP contribution in [-0.2, 0) is 9.47 Å². The number of nitrogens with one attached hydrogen (secondary N) is 1. The van der Waals surface area contributed by atoms with Crippen molar-refractivity contribution < 1.29 is 9.47 Å². The smallest absolute Gasteiger partial charge is 0.174 e. The Morgan fingerprint density at radius 1 is 1.46 bits per heavy atom. The number of hydrogen-bond acceptors (Lipinski definition) is 3. The maximum atomic E-state index is 7.77. The molecule has 4 heteroatoms. The maximum Gasteiger partial charge on any atom is 0.174 e. The topological polar surface area (TPSA) is 45.5 Å². The molecule has 0 aromatic rings. The first-order valence-corrected chi connectivity index (χ1v) is 4.54. The van der Waals surface area contributed by atoms with Gasteiger partial charge in [0.05, 0.1) is 12.4 Å². The normalized spacial score (nSPS) is 16.3. The number of amidine groups is 1. The molecule has 0 spiro atoms. The third kappa shape index (κ3) is 2.97. The van der Waals surface area contributed by atoms with Crippen molar-refractivity contribution in [2.75, 3.05) is 27.8 Å². The van der Waals surface area contributed by atoms with E-state index in [9.17, 15) is 0 Å². The highest BCUT2D eigenvalue weighted by Gasteiger charge is 2.29. The van der Waals surface area contributed by atoms with E-state index in [2.05, 4.69) is 0 Å². The van der Waals surface area contributed by atoms with E-state index in [1.807, 2.05) is 11.9 Å². The van der Waals surface area contributed by atoms with E-state index in [0.29, 0.717) is 18.3 Å². The molecule has 0 aromatic carbocycles. The molecule has 76 valence electrons. The molecular formula is C9H18N2O2. The quantitative estimate of drug-likeness (QED) is 0.394. The predicted octanol–water partition coefficient (Wildman–Crippen LogP) is 0.924. The van der Waals surface area contributed by atoms with E-state index >= 15 is 0 Å². The summed E-state index contributed by atoms with van der Waals surface area (Å²) in [7, 11) is 5.14. The van der Waals surface area contributed by atoms with Crippen LogP contribution >= 0.6 is 0 Å². The lowest BCUT2D eigenvalue weighted by atomic mass is 10.3. The van der Waals surface area contributed by atoms with Crippen LogP contribution in [0.5, 0.6) is 0 Å². The molecular weight excluding hydrogens is 168 g/mol. The van der Waals surface area contributed by atoms with Gasteiger partial charge in [-0.3, -0.25) is 5.41 Å². The van der Waals surface area contributed by atoms with Crippen molar-refractivity contribution in [1.82, 2.24) is 4.90 Å². The second kappa shape index (κ2) is 4.58. The molecule has 0 saturated heterocycles. The summed E-state index contributed by atoms with van der Waals surface area (Å²) in [6.45, 7) is 0.627. The minimum Gasteiger partial charge on any atom is -0.358 e. The Bertz CT molecular complexity index is 176. The maximum absolute atomic E-state index is 7.77. The highest BCUT2D eigenvalue weighted by molar-refractivity contribution is 5.83. The Hall–Kier alpha value is -0.610. The third-order valence-electron chi connectivity index (χ3n) is 2.32. The molecule has 1 N–H and O–H groups in total. The van der Waals surface area contributed by atoms with Crippen molar-refractivity contribution in [2.45, 2.75) is 19.1 Å². The Kier molecular flexibility index (Phi) is 3.69. The number of rotatable bonds is 5. The van der Waals surface area contributed by atoms with Crippen LogP contribution in [0.2, 0.25) is 0 Å². The summed E-state index contributed by atoms with van der Waals surface area (Å²) < 4.78 is 10.1. The SMILES string of the molecule is COC(CN(C)C(=N)C1CC1)OC. The molecule has 1 saturated carbocycles. The molecule has 1 aliphatic rings. The lowest BCUT2D eigenvalue weighted by Gasteiger charge is -2.24.